The fraction of sp³-hybridized carbons (Fsp3) is 0.263. The number of benzene rings is 1. The van der Waals surface area contributed by atoms with Gasteiger partial charge in [0.05, 0.1) is 6.04 Å². The van der Waals surface area contributed by atoms with Gasteiger partial charge in [-0.2, -0.15) is 4.98 Å². The van der Waals surface area contributed by atoms with Crippen LogP contribution in [-0.2, 0) is 0 Å². The lowest BCUT2D eigenvalue weighted by Crippen LogP contribution is -2.36. The fourth-order valence-corrected chi connectivity index (χ4v) is 3.36. The summed E-state index contributed by atoms with van der Waals surface area (Å²) in [4.78, 5) is 23.0. The molecule has 0 aliphatic carbocycles. The number of pyridine rings is 1. The van der Waals surface area contributed by atoms with Crippen LogP contribution in [0.2, 0.25) is 5.02 Å². The summed E-state index contributed by atoms with van der Waals surface area (Å²) in [5.74, 6) is 0.884. The highest BCUT2D eigenvalue weighted by atomic mass is 35.5. The highest BCUT2D eigenvalue weighted by molar-refractivity contribution is 6.30. The van der Waals surface area contributed by atoms with Crippen molar-refractivity contribution in [1.82, 2.24) is 25.3 Å². The van der Waals surface area contributed by atoms with E-state index in [0.717, 1.165) is 5.56 Å². The van der Waals surface area contributed by atoms with Gasteiger partial charge < -0.3 is 9.84 Å². The standard InChI is InChI=1S/C19H18ClN5O2/c1-25-11-14(22-18(26)15-4-2-3-9-21-15)10-16(25)19-23-17(24-27-19)12-5-7-13(20)8-6-12/h2-9,14,16H,10-11H2,1H3,(H,22,26). The van der Waals surface area contributed by atoms with Crippen LogP contribution in [0.1, 0.15) is 28.8 Å². The van der Waals surface area contributed by atoms with Crippen molar-refractivity contribution < 1.29 is 9.32 Å². The Morgan fingerprint density at radius 1 is 1.26 bits per heavy atom. The first-order chi connectivity index (χ1) is 13.1. The maximum atomic E-state index is 12.3. The highest BCUT2D eigenvalue weighted by Gasteiger charge is 2.35. The molecule has 0 saturated carbocycles. The second-order valence-corrected chi connectivity index (χ2v) is 6.98. The Hall–Kier alpha value is -2.77. The Kier molecular flexibility index (Phi) is 4.87. The van der Waals surface area contributed by atoms with E-state index >= 15 is 0 Å². The Morgan fingerprint density at radius 2 is 2.07 bits per heavy atom. The number of rotatable bonds is 4. The molecule has 27 heavy (non-hydrogen) atoms. The van der Waals surface area contributed by atoms with Gasteiger partial charge in [-0.15, -0.1) is 0 Å². The molecule has 1 aliphatic rings. The van der Waals surface area contributed by atoms with Gasteiger partial charge in [-0.25, -0.2) is 0 Å². The molecule has 138 valence electrons. The summed E-state index contributed by atoms with van der Waals surface area (Å²) in [5.41, 5.74) is 1.25. The smallest absolute Gasteiger partial charge is 0.270 e. The van der Waals surface area contributed by atoms with Crippen LogP contribution in [0.15, 0.2) is 53.2 Å². The van der Waals surface area contributed by atoms with Gasteiger partial charge in [0.15, 0.2) is 0 Å². The number of hydrogen-bond acceptors (Lipinski definition) is 6. The van der Waals surface area contributed by atoms with E-state index in [1.54, 1.807) is 36.5 Å². The van der Waals surface area contributed by atoms with Crippen LogP contribution in [0.5, 0.6) is 0 Å². The lowest BCUT2D eigenvalue weighted by Gasteiger charge is -2.14. The molecule has 1 aromatic carbocycles. The van der Waals surface area contributed by atoms with Crippen molar-refractivity contribution in [3.05, 3.63) is 65.3 Å². The second kappa shape index (κ2) is 7.46. The van der Waals surface area contributed by atoms with E-state index in [1.807, 2.05) is 19.2 Å². The van der Waals surface area contributed by atoms with E-state index in [4.69, 9.17) is 16.1 Å². The summed E-state index contributed by atoms with van der Waals surface area (Å²) in [5, 5.41) is 7.75. The Morgan fingerprint density at radius 3 is 2.81 bits per heavy atom. The van der Waals surface area contributed by atoms with Crippen LogP contribution >= 0.6 is 11.6 Å². The maximum absolute atomic E-state index is 12.3. The van der Waals surface area contributed by atoms with Crippen LogP contribution in [0.4, 0.5) is 0 Å². The fourth-order valence-electron chi connectivity index (χ4n) is 3.24. The number of carbonyl (C=O) groups is 1. The summed E-state index contributed by atoms with van der Waals surface area (Å²) in [7, 11) is 1.98. The zero-order valence-electron chi connectivity index (χ0n) is 14.7. The SMILES string of the molecule is CN1CC(NC(=O)c2ccccn2)CC1c1nc(-c2ccc(Cl)cc2)no1. The van der Waals surface area contributed by atoms with Crippen LogP contribution in [-0.4, -0.2) is 45.6 Å². The molecule has 1 N–H and O–H groups in total. The van der Waals surface area contributed by atoms with Crippen molar-refractivity contribution in [3.8, 4) is 11.4 Å². The third-order valence-corrected chi connectivity index (χ3v) is 4.86. The topological polar surface area (TPSA) is 84.2 Å². The van der Waals surface area contributed by atoms with Crippen LogP contribution < -0.4 is 5.32 Å². The molecule has 2 unspecified atom stereocenters. The molecule has 0 bridgehead atoms. The molecule has 4 rings (SSSR count). The lowest BCUT2D eigenvalue weighted by molar-refractivity contribution is 0.0933. The molecular weight excluding hydrogens is 366 g/mol. The van der Waals surface area contributed by atoms with Crippen LogP contribution in [0.25, 0.3) is 11.4 Å². The van der Waals surface area contributed by atoms with Crippen molar-refractivity contribution in [2.45, 2.75) is 18.5 Å². The van der Waals surface area contributed by atoms with Crippen molar-refractivity contribution in [3.63, 3.8) is 0 Å². The minimum atomic E-state index is -0.179. The molecular formula is C19H18ClN5O2. The summed E-state index contributed by atoms with van der Waals surface area (Å²) in [6.07, 6.45) is 2.30. The van der Waals surface area contributed by atoms with Crippen LogP contribution in [0, 0.1) is 0 Å². The van der Waals surface area contributed by atoms with Crippen LogP contribution in [0.3, 0.4) is 0 Å². The van der Waals surface area contributed by atoms with Gasteiger partial charge in [-0.05, 0) is 49.9 Å². The molecule has 1 saturated heterocycles. The summed E-state index contributed by atoms with van der Waals surface area (Å²) < 4.78 is 5.48. The second-order valence-electron chi connectivity index (χ2n) is 6.54. The first-order valence-electron chi connectivity index (χ1n) is 8.62. The Labute approximate surface area is 161 Å². The molecule has 8 heteroatoms. The van der Waals surface area contributed by atoms with E-state index in [2.05, 4.69) is 25.3 Å². The van der Waals surface area contributed by atoms with E-state index in [1.165, 1.54) is 0 Å². The minimum Gasteiger partial charge on any atom is -0.347 e. The van der Waals surface area contributed by atoms with E-state index in [-0.39, 0.29) is 18.0 Å². The highest BCUT2D eigenvalue weighted by Crippen LogP contribution is 2.31. The number of nitrogens with zero attached hydrogens (tertiary/aromatic N) is 4. The zero-order chi connectivity index (χ0) is 18.8. The third kappa shape index (κ3) is 3.84. The zero-order valence-corrected chi connectivity index (χ0v) is 15.4. The number of carbonyl (C=O) groups excluding carboxylic acids is 1. The van der Waals surface area contributed by atoms with Crippen molar-refractivity contribution in [2.75, 3.05) is 13.6 Å². The Balaban J connectivity index is 1.44. The van der Waals surface area contributed by atoms with Crippen molar-refractivity contribution in [1.29, 1.82) is 0 Å². The largest absolute Gasteiger partial charge is 0.347 e. The molecule has 0 radical (unpaired) electrons. The first-order valence-corrected chi connectivity index (χ1v) is 8.99. The number of aromatic nitrogens is 3. The van der Waals surface area contributed by atoms with Gasteiger partial charge in [-0.3, -0.25) is 14.7 Å². The predicted octanol–water partition coefficient (Wildman–Crippen LogP) is 2.96. The number of nitrogens with one attached hydrogen (secondary N) is 1. The molecule has 1 aliphatic heterocycles. The minimum absolute atomic E-state index is 0.0135. The van der Waals surface area contributed by atoms with Gasteiger partial charge in [0, 0.05) is 29.4 Å². The average Bonchev–Trinajstić information content (AvgIpc) is 3.30. The number of amides is 1. The molecule has 2 atom stereocenters. The predicted molar refractivity (Wildman–Crippen MR) is 100 cm³/mol. The maximum Gasteiger partial charge on any atom is 0.270 e. The van der Waals surface area contributed by atoms with E-state index in [0.29, 0.717) is 35.4 Å². The number of halogens is 1. The molecule has 2 aromatic heterocycles. The van der Waals surface area contributed by atoms with E-state index < -0.39 is 0 Å². The van der Waals surface area contributed by atoms with Gasteiger partial charge in [0.25, 0.3) is 5.91 Å². The van der Waals surface area contributed by atoms with Gasteiger partial charge in [-0.1, -0.05) is 22.8 Å². The monoisotopic (exact) mass is 383 g/mol. The van der Waals surface area contributed by atoms with Gasteiger partial charge in [0.1, 0.15) is 5.69 Å². The first kappa shape index (κ1) is 17.6. The van der Waals surface area contributed by atoms with Crippen molar-refractivity contribution in [2.24, 2.45) is 0 Å². The molecule has 3 aromatic rings. The summed E-state index contributed by atoms with van der Waals surface area (Å²) >= 11 is 5.92. The molecule has 3 heterocycles. The van der Waals surface area contributed by atoms with Gasteiger partial charge in [0.2, 0.25) is 11.7 Å². The molecule has 7 nitrogen and oxygen atoms in total. The van der Waals surface area contributed by atoms with Crippen molar-refractivity contribution >= 4 is 17.5 Å². The lowest BCUT2D eigenvalue weighted by atomic mass is 10.1. The third-order valence-electron chi connectivity index (χ3n) is 4.61. The quantitative estimate of drug-likeness (QED) is 0.745. The summed E-state index contributed by atoms with van der Waals surface area (Å²) in [6, 6.07) is 12.5. The normalized spacial score (nSPS) is 19.9. The molecule has 0 spiro atoms. The number of hydrogen-bond donors (Lipinski definition) is 1. The van der Waals surface area contributed by atoms with Gasteiger partial charge >= 0.3 is 0 Å². The Bertz CT molecular complexity index is 929. The number of likely N-dealkylation sites (tertiary alicyclic amines) is 1. The average molecular weight is 384 g/mol. The number of likely N-dealkylation sites (N-methyl/N-ethyl adjacent to an activating group) is 1. The summed E-state index contributed by atoms with van der Waals surface area (Å²) in [6.45, 7) is 0.696. The molecule has 1 fully saturated rings. The van der Waals surface area contributed by atoms with E-state index in [9.17, 15) is 4.79 Å². The molecule has 1 amide bonds.